The third kappa shape index (κ3) is 1.94. The summed E-state index contributed by atoms with van der Waals surface area (Å²) in [6.07, 6.45) is 0.918. The number of benzene rings is 1. The lowest BCUT2D eigenvalue weighted by Crippen LogP contribution is -1.83. The van der Waals surface area contributed by atoms with Crippen molar-refractivity contribution in [2.75, 3.05) is 0 Å². The molecule has 0 aliphatic rings. The van der Waals surface area contributed by atoms with Gasteiger partial charge in [-0.05, 0) is 32.4 Å². The highest BCUT2D eigenvalue weighted by atomic mass is 16.4. The molecule has 2 rings (SSSR count). The molecule has 0 unspecified atom stereocenters. The molecule has 0 fully saturated rings. The van der Waals surface area contributed by atoms with Crippen LogP contribution in [0, 0.1) is 13.8 Å². The Labute approximate surface area is 90.0 Å². The molecule has 0 saturated carbocycles. The van der Waals surface area contributed by atoms with Gasteiger partial charge in [0.2, 0.25) is 5.89 Å². The molecular formula is C13H15NO. The quantitative estimate of drug-likeness (QED) is 0.743. The normalized spacial score (nSPS) is 10.6. The van der Waals surface area contributed by atoms with Crippen LogP contribution in [0.1, 0.15) is 23.9 Å². The molecule has 78 valence electrons. The topological polar surface area (TPSA) is 26.0 Å². The Morgan fingerprint density at radius 2 is 2.07 bits per heavy atom. The van der Waals surface area contributed by atoms with Gasteiger partial charge in [0.25, 0.3) is 0 Å². The Bertz CT molecular complexity index is 471. The fourth-order valence-electron chi connectivity index (χ4n) is 1.66. The van der Waals surface area contributed by atoms with Gasteiger partial charge in [-0.25, -0.2) is 4.98 Å². The first-order chi connectivity index (χ1) is 7.20. The Hall–Kier alpha value is -1.57. The van der Waals surface area contributed by atoms with Crippen LogP contribution in [0.5, 0.6) is 0 Å². The van der Waals surface area contributed by atoms with Crippen LogP contribution in [-0.4, -0.2) is 4.98 Å². The molecule has 0 aliphatic carbocycles. The molecule has 0 N–H and O–H groups in total. The highest BCUT2D eigenvalue weighted by molar-refractivity contribution is 5.54. The molecule has 2 nitrogen and oxygen atoms in total. The van der Waals surface area contributed by atoms with E-state index in [0.717, 1.165) is 29.3 Å². The molecule has 1 aromatic heterocycles. The van der Waals surface area contributed by atoms with Gasteiger partial charge in [-0.2, -0.15) is 0 Å². The van der Waals surface area contributed by atoms with Crippen molar-refractivity contribution in [3.05, 3.63) is 41.3 Å². The second-order valence-corrected chi connectivity index (χ2v) is 3.74. The zero-order valence-corrected chi connectivity index (χ0v) is 9.37. The van der Waals surface area contributed by atoms with Gasteiger partial charge in [0, 0.05) is 5.56 Å². The van der Waals surface area contributed by atoms with Gasteiger partial charge < -0.3 is 4.42 Å². The minimum atomic E-state index is 0.730. The Kier molecular flexibility index (Phi) is 2.58. The summed E-state index contributed by atoms with van der Waals surface area (Å²) in [5.41, 5.74) is 3.32. The van der Waals surface area contributed by atoms with Gasteiger partial charge in [-0.15, -0.1) is 0 Å². The molecule has 2 aromatic rings. The van der Waals surface area contributed by atoms with Crippen LogP contribution in [0.4, 0.5) is 0 Å². The number of hydrogen-bond acceptors (Lipinski definition) is 2. The zero-order chi connectivity index (χ0) is 10.8. The molecular weight excluding hydrogens is 186 g/mol. The predicted octanol–water partition coefficient (Wildman–Crippen LogP) is 3.52. The van der Waals surface area contributed by atoms with Crippen LogP contribution < -0.4 is 0 Å². The van der Waals surface area contributed by atoms with E-state index >= 15 is 0 Å². The molecule has 1 aromatic carbocycles. The number of oxazole rings is 1. The third-order valence-corrected chi connectivity index (χ3v) is 2.49. The number of rotatable bonds is 2. The van der Waals surface area contributed by atoms with E-state index < -0.39 is 0 Å². The van der Waals surface area contributed by atoms with Crippen LogP contribution in [0.25, 0.3) is 11.5 Å². The van der Waals surface area contributed by atoms with E-state index in [2.05, 4.69) is 31.0 Å². The summed E-state index contributed by atoms with van der Waals surface area (Å²) in [6.45, 7) is 6.12. The van der Waals surface area contributed by atoms with Gasteiger partial charge in [0.05, 0.1) is 5.69 Å². The van der Waals surface area contributed by atoms with Crippen LogP contribution >= 0.6 is 0 Å². The smallest absolute Gasteiger partial charge is 0.226 e. The molecule has 0 atom stereocenters. The van der Waals surface area contributed by atoms with Crippen LogP contribution in [0.3, 0.4) is 0 Å². The maximum Gasteiger partial charge on any atom is 0.226 e. The third-order valence-electron chi connectivity index (χ3n) is 2.49. The summed E-state index contributed by atoms with van der Waals surface area (Å²) < 4.78 is 5.64. The van der Waals surface area contributed by atoms with Gasteiger partial charge in [-0.3, -0.25) is 0 Å². The predicted molar refractivity (Wildman–Crippen MR) is 60.8 cm³/mol. The molecule has 0 radical (unpaired) electrons. The molecule has 0 spiro atoms. The Balaban J connectivity index is 2.45. The molecule has 2 heteroatoms. The van der Waals surface area contributed by atoms with Crippen molar-refractivity contribution in [3.8, 4) is 11.5 Å². The second-order valence-electron chi connectivity index (χ2n) is 3.74. The average Bonchev–Trinajstić information content (AvgIpc) is 2.60. The second kappa shape index (κ2) is 3.89. The van der Waals surface area contributed by atoms with E-state index in [9.17, 15) is 0 Å². The van der Waals surface area contributed by atoms with E-state index in [1.54, 1.807) is 0 Å². The minimum absolute atomic E-state index is 0.730. The van der Waals surface area contributed by atoms with Gasteiger partial charge in [-0.1, -0.05) is 24.6 Å². The number of nitrogens with zero attached hydrogens (tertiary/aromatic N) is 1. The van der Waals surface area contributed by atoms with Crippen molar-refractivity contribution >= 4 is 0 Å². The van der Waals surface area contributed by atoms with Crippen LogP contribution in [-0.2, 0) is 6.42 Å². The SMILES string of the molecule is CCc1nc(-c2cccc(C)c2)oc1C. The number of aromatic nitrogens is 1. The molecule has 0 bridgehead atoms. The van der Waals surface area contributed by atoms with Crippen molar-refractivity contribution in [1.82, 2.24) is 4.98 Å². The summed E-state index contributed by atoms with van der Waals surface area (Å²) in [6, 6.07) is 8.21. The maximum atomic E-state index is 5.64. The molecule has 0 saturated heterocycles. The van der Waals surface area contributed by atoms with E-state index in [0.29, 0.717) is 0 Å². The van der Waals surface area contributed by atoms with Gasteiger partial charge >= 0.3 is 0 Å². The molecule has 15 heavy (non-hydrogen) atoms. The van der Waals surface area contributed by atoms with Crippen molar-refractivity contribution in [2.24, 2.45) is 0 Å². The summed E-state index contributed by atoms with van der Waals surface area (Å²) in [4.78, 5) is 4.47. The lowest BCUT2D eigenvalue weighted by atomic mass is 10.1. The maximum absolute atomic E-state index is 5.64. The zero-order valence-electron chi connectivity index (χ0n) is 9.37. The van der Waals surface area contributed by atoms with Crippen LogP contribution in [0.2, 0.25) is 0 Å². The van der Waals surface area contributed by atoms with Crippen molar-refractivity contribution in [1.29, 1.82) is 0 Å². The van der Waals surface area contributed by atoms with Gasteiger partial charge in [0.1, 0.15) is 5.76 Å². The van der Waals surface area contributed by atoms with E-state index in [4.69, 9.17) is 4.42 Å². The standard InChI is InChI=1S/C13H15NO/c1-4-12-10(3)15-13(14-12)11-7-5-6-9(2)8-11/h5-8H,4H2,1-3H3. The van der Waals surface area contributed by atoms with E-state index in [-0.39, 0.29) is 0 Å². The highest BCUT2D eigenvalue weighted by Gasteiger charge is 2.09. The van der Waals surface area contributed by atoms with Gasteiger partial charge in [0.15, 0.2) is 0 Å². The summed E-state index contributed by atoms with van der Waals surface area (Å²) >= 11 is 0. The number of aryl methyl sites for hydroxylation is 3. The minimum Gasteiger partial charge on any atom is -0.441 e. The lowest BCUT2D eigenvalue weighted by molar-refractivity contribution is 0.539. The summed E-state index contributed by atoms with van der Waals surface area (Å²) in [7, 11) is 0. The average molecular weight is 201 g/mol. The molecule has 0 amide bonds. The monoisotopic (exact) mass is 201 g/mol. The first-order valence-corrected chi connectivity index (χ1v) is 5.24. The fourth-order valence-corrected chi connectivity index (χ4v) is 1.66. The Morgan fingerprint density at radius 1 is 1.27 bits per heavy atom. The molecule has 0 aliphatic heterocycles. The largest absolute Gasteiger partial charge is 0.441 e. The van der Waals surface area contributed by atoms with Crippen LogP contribution in [0.15, 0.2) is 28.7 Å². The lowest BCUT2D eigenvalue weighted by Gasteiger charge is -1.96. The summed E-state index contributed by atoms with van der Waals surface area (Å²) in [5.74, 6) is 1.65. The van der Waals surface area contributed by atoms with E-state index in [1.807, 2.05) is 19.1 Å². The first-order valence-electron chi connectivity index (χ1n) is 5.24. The molecule has 1 heterocycles. The fraction of sp³-hybridized carbons (Fsp3) is 0.308. The van der Waals surface area contributed by atoms with Crippen molar-refractivity contribution in [2.45, 2.75) is 27.2 Å². The summed E-state index contributed by atoms with van der Waals surface area (Å²) in [5, 5.41) is 0. The first kappa shape index (κ1) is 9.97. The highest BCUT2D eigenvalue weighted by Crippen LogP contribution is 2.22. The Morgan fingerprint density at radius 3 is 2.67 bits per heavy atom. The van der Waals surface area contributed by atoms with Crippen molar-refractivity contribution in [3.63, 3.8) is 0 Å². The van der Waals surface area contributed by atoms with E-state index in [1.165, 1.54) is 5.56 Å². The number of hydrogen-bond donors (Lipinski definition) is 0. The van der Waals surface area contributed by atoms with Crippen molar-refractivity contribution < 1.29 is 4.42 Å².